The Hall–Kier alpha value is -1.72. The van der Waals surface area contributed by atoms with E-state index in [9.17, 15) is 0 Å². The molecule has 0 N–H and O–H groups in total. The van der Waals surface area contributed by atoms with Crippen molar-refractivity contribution in [3.8, 4) is 6.07 Å². The highest BCUT2D eigenvalue weighted by atomic mass is 32.2. The lowest BCUT2D eigenvalue weighted by molar-refractivity contribution is 1.13. The monoisotopic (exact) mass is 239 g/mol. The molecule has 0 aliphatic rings. The smallest absolute Gasteiger partial charge is 0.0991 e. The van der Waals surface area contributed by atoms with Gasteiger partial charge in [-0.05, 0) is 48.4 Å². The number of rotatable bonds is 3. The number of nitrogens with zero attached hydrogens (tertiary/aromatic N) is 1. The summed E-state index contributed by atoms with van der Waals surface area (Å²) in [5.41, 5.74) is 2.06. The average Bonchev–Trinajstić information content (AvgIpc) is 2.40. The molecule has 84 valence electrons. The Kier molecular flexibility index (Phi) is 3.85. The maximum atomic E-state index is 8.72. The third-order valence-electron chi connectivity index (χ3n) is 2.55. The molecule has 2 aromatic rings. The fourth-order valence-electron chi connectivity index (χ4n) is 1.53. The Bertz CT molecular complexity index is 520. The number of benzene rings is 2. The van der Waals surface area contributed by atoms with Crippen LogP contribution in [0, 0.1) is 11.3 Å². The lowest BCUT2D eigenvalue weighted by Crippen LogP contribution is -1.79. The summed E-state index contributed by atoms with van der Waals surface area (Å²) < 4.78 is 0. The van der Waals surface area contributed by atoms with Gasteiger partial charge in [-0.1, -0.05) is 30.8 Å². The third kappa shape index (κ3) is 3.12. The van der Waals surface area contributed by atoms with Crippen molar-refractivity contribution in [2.75, 3.05) is 0 Å². The van der Waals surface area contributed by atoms with Crippen molar-refractivity contribution in [1.29, 1.82) is 5.26 Å². The van der Waals surface area contributed by atoms with Crippen molar-refractivity contribution < 1.29 is 0 Å². The molecule has 0 saturated heterocycles. The molecule has 0 aromatic heterocycles. The topological polar surface area (TPSA) is 23.8 Å². The molecular formula is C15H13NS. The molecule has 0 fully saturated rings. The van der Waals surface area contributed by atoms with Crippen molar-refractivity contribution in [3.63, 3.8) is 0 Å². The van der Waals surface area contributed by atoms with Gasteiger partial charge < -0.3 is 0 Å². The van der Waals surface area contributed by atoms with Crippen LogP contribution in [0.1, 0.15) is 18.1 Å². The van der Waals surface area contributed by atoms with E-state index in [0.29, 0.717) is 5.56 Å². The van der Waals surface area contributed by atoms with E-state index in [2.05, 4.69) is 37.3 Å². The van der Waals surface area contributed by atoms with E-state index in [0.717, 1.165) is 11.3 Å². The minimum absolute atomic E-state index is 0.704. The maximum Gasteiger partial charge on any atom is 0.0991 e. The van der Waals surface area contributed by atoms with Crippen molar-refractivity contribution in [2.24, 2.45) is 0 Å². The number of aryl methyl sites for hydroxylation is 1. The average molecular weight is 239 g/mol. The Labute approximate surface area is 106 Å². The van der Waals surface area contributed by atoms with Crippen LogP contribution < -0.4 is 0 Å². The summed E-state index contributed by atoms with van der Waals surface area (Å²) in [7, 11) is 0. The molecular weight excluding hydrogens is 226 g/mol. The van der Waals surface area contributed by atoms with Gasteiger partial charge in [0.25, 0.3) is 0 Å². The Morgan fingerprint density at radius 2 is 1.47 bits per heavy atom. The van der Waals surface area contributed by atoms with Crippen LogP contribution in [0.3, 0.4) is 0 Å². The normalized spacial score (nSPS) is 9.88. The molecule has 0 saturated carbocycles. The fourth-order valence-corrected chi connectivity index (χ4v) is 2.34. The van der Waals surface area contributed by atoms with Crippen molar-refractivity contribution in [1.82, 2.24) is 0 Å². The molecule has 0 spiro atoms. The summed E-state index contributed by atoms with van der Waals surface area (Å²) in [6.45, 7) is 2.16. The Balaban J connectivity index is 2.11. The van der Waals surface area contributed by atoms with Gasteiger partial charge >= 0.3 is 0 Å². The fraction of sp³-hybridized carbons (Fsp3) is 0.133. The first-order chi connectivity index (χ1) is 8.31. The molecule has 0 aliphatic carbocycles. The third-order valence-corrected chi connectivity index (χ3v) is 3.57. The molecule has 1 nitrogen and oxygen atoms in total. The number of nitriles is 1. The lowest BCUT2D eigenvalue weighted by Gasteiger charge is -2.02. The molecule has 0 radical (unpaired) electrons. The maximum absolute atomic E-state index is 8.72. The highest BCUT2D eigenvalue weighted by molar-refractivity contribution is 7.99. The predicted molar refractivity (Wildman–Crippen MR) is 71.1 cm³/mol. The van der Waals surface area contributed by atoms with Gasteiger partial charge in [0.2, 0.25) is 0 Å². The first-order valence-electron chi connectivity index (χ1n) is 5.59. The molecule has 0 amide bonds. The van der Waals surface area contributed by atoms with Gasteiger partial charge in [0.1, 0.15) is 0 Å². The van der Waals surface area contributed by atoms with Crippen LogP contribution in [0.25, 0.3) is 0 Å². The van der Waals surface area contributed by atoms with E-state index in [1.54, 1.807) is 11.8 Å². The zero-order chi connectivity index (χ0) is 12.1. The van der Waals surface area contributed by atoms with Gasteiger partial charge in [0.05, 0.1) is 11.6 Å². The second kappa shape index (κ2) is 5.56. The van der Waals surface area contributed by atoms with Crippen LogP contribution in [0.4, 0.5) is 0 Å². The van der Waals surface area contributed by atoms with Crippen LogP contribution in [0.15, 0.2) is 58.3 Å². The van der Waals surface area contributed by atoms with Crippen molar-refractivity contribution >= 4 is 11.8 Å². The Morgan fingerprint density at radius 3 is 1.94 bits per heavy atom. The SMILES string of the molecule is CCc1ccc(Sc2ccc(C#N)cc2)cc1. The number of hydrogen-bond acceptors (Lipinski definition) is 2. The summed E-state index contributed by atoms with van der Waals surface area (Å²) >= 11 is 1.72. The lowest BCUT2D eigenvalue weighted by atomic mass is 10.2. The van der Waals surface area contributed by atoms with Gasteiger partial charge in [-0.25, -0.2) is 0 Å². The first-order valence-corrected chi connectivity index (χ1v) is 6.40. The molecule has 0 bridgehead atoms. The van der Waals surface area contributed by atoms with Crippen LogP contribution in [0.5, 0.6) is 0 Å². The van der Waals surface area contributed by atoms with E-state index >= 15 is 0 Å². The summed E-state index contributed by atoms with van der Waals surface area (Å²) in [4.78, 5) is 2.39. The summed E-state index contributed by atoms with van der Waals surface area (Å²) in [6, 6.07) is 18.4. The summed E-state index contributed by atoms with van der Waals surface area (Å²) in [6.07, 6.45) is 1.07. The van der Waals surface area contributed by atoms with Crippen molar-refractivity contribution in [2.45, 2.75) is 23.1 Å². The highest BCUT2D eigenvalue weighted by Crippen LogP contribution is 2.27. The summed E-state index contributed by atoms with van der Waals surface area (Å²) in [5, 5.41) is 8.72. The minimum atomic E-state index is 0.704. The quantitative estimate of drug-likeness (QED) is 0.798. The zero-order valence-corrected chi connectivity index (χ0v) is 10.5. The molecule has 2 aromatic carbocycles. The van der Waals surface area contributed by atoms with E-state index in [1.807, 2.05) is 24.3 Å². The number of hydrogen-bond donors (Lipinski definition) is 0. The van der Waals surface area contributed by atoms with Crippen LogP contribution in [-0.2, 0) is 6.42 Å². The van der Waals surface area contributed by atoms with E-state index in [-0.39, 0.29) is 0 Å². The van der Waals surface area contributed by atoms with Gasteiger partial charge in [0, 0.05) is 9.79 Å². The molecule has 0 unspecified atom stereocenters. The second-order valence-electron chi connectivity index (χ2n) is 3.74. The van der Waals surface area contributed by atoms with Crippen molar-refractivity contribution in [3.05, 3.63) is 59.7 Å². The van der Waals surface area contributed by atoms with E-state index in [4.69, 9.17) is 5.26 Å². The van der Waals surface area contributed by atoms with Crippen LogP contribution in [0.2, 0.25) is 0 Å². The van der Waals surface area contributed by atoms with E-state index < -0.39 is 0 Å². The van der Waals surface area contributed by atoms with Gasteiger partial charge in [0.15, 0.2) is 0 Å². The molecule has 0 heterocycles. The first kappa shape index (κ1) is 11.8. The largest absolute Gasteiger partial charge is 0.192 e. The van der Waals surface area contributed by atoms with Gasteiger partial charge in [-0.3, -0.25) is 0 Å². The van der Waals surface area contributed by atoms with E-state index in [1.165, 1.54) is 10.5 Å². The van der Waals surface area contributed by atoms with Crippen LogP contribution >= 0.6 is 11.8 Å². The Morgan fingerprint density at radius 1 is 0.941 bits per heavy atom. The zero-order valence-electron chi connectivity index (χ0n) is 9.68. The van der Waals surface area contributed by atoms with Crippen LogP contribution in [-0.4, -0.2) is 0 Å². The highest BCUT2D eigenvalue weighted by Gasteiger charge is 1.98. The minimum Gasteiger partial charge on any atom is -0.192 e. The molecule has 0 atom stereocenters. The molecule has 17 heavy (non-hydrogen) atoms. The summed E-state index contributed by atoms with van der Waals surface area (Å²) in [5.74, 6) is 0. The second-order valence-corrected chi connectivity index (χ2v) is 4.88. The molecule has 0 aliphatic heterocycles. The predicted octanol–water partition coefficient (Wildman–Crippen LogP) is 4.27. The standard InChI is InChI=1S/C15H13NS/c1-2-12-3-7-14(8-4-12)17-15-9-5-13(11-16)6-10-15/h3-10H,2H2,1H3. The van der Waals surface area contributed by atoms with Gasteiger partial charge in [-0.2, -0.15) is 5.26 Å². The van der Waals surface area contributed by atoms with Gasteiger partial charge in [-0.15, -0.1) is 0 Å². The molecule has 2 rings (SSSR count). The molecule has 2 heteroatoms.